The van der Waals surface area contributed by atoms with E-state index in [4.69, 9.17) is 18.9 Å². The lowest BCUT2D eigenvalue weighted by molar-refractivity contribution is -0.200. The van der Waals surface area contributed by atoms with Crippen LogP contribution in [0.5, 0.6) is 0 Å². The third-order valence-corrected chi connectivity index (χ3v) is 3.53. The van der Waals surface area contributed by atoms with Crippen LogP contribution < -0.4 is 0 Å². The van der Waals surface area contributed by atoms with Gasteiger partial charge in [0, 0.05) is 13.5 Å². The fraction of sp³-hybridized carbons (Fsp3) is 0.571. The lowest BCUT2D eigenvalue weighted by Crippen LogP contribution is -2.44. The largest absolute Gasteiger partial charge is 0.376 e. The Kier molecular flexibility index (Phi) is 3.61. The average molecular weight is 250 g/mol. The monoisotopic (exact) mass is 250 g/mol. The first-order chi connectivity index (χ1) is 8.86. The Balaban J connectivity index is 1.59. The van der Waals surface area contributed by atoms with E-state index in [0.29, 0.717) is 13.2 Å². The van der Waals surface area contributed by atoms with Gasteiger partial charge in [-0.2, -0.15) is 0 Å². The minimum Gasteiger partial charge on any atom is -0.376 e. The molecule has 2 fully saturated rings. The third-order valence-electron chi connectivity index (χ3n) is 3.53. The van der Waals surface area contributed by atoms with Crippen molar-refractivity contribution in [1.29, 1.82) is 0 Å². The zero-order valence-electron chi connectivity index (χ0n) is 10.5. The summed E-state index contributed by atoms with van der Waals surface area (Å²) in [6, 6.07) is 10.2. The van der Waals surface area contributed by atoms with Crippen LogP contribution >= 0.6 is 0 Å². The molecular formula is C14H18O4. The summed E-state index contributed by atoms with van der Waals surface area (Å²) < 4.78 is 22.6. The second-order valence-corrected chi connectivity index (χ2v) is 4.72. The van der Waals surface area contributed by atoms with Crippen molar-refractivity contribution in [2.24, 2.45) is 0 Å². The van der Waals surface area contributed by atoms with Crippen molar-refractivity contribution in [2.75, 3.05) is 13.7 Å². The highest BCUT2D eigenvalue weighted by atomic mass is 16.7. The van der Waals surface area contributed by atoms with E-state index in [-0.39, 0.29) is 24.6 Å². The molecule has 0 radical (unpaired) electrons. The Morgan fingerprint density at radius 2 is 2.06 bits per heavy atom. The second-order valence-electron chi connectivity index (χ2n) is 4.72. The van der Waals surface area contributed by atoms with Gasteiger partial charge in [-0.05, 0) is 5.56 Å². The molecule has 0 N–H and O–H groups in total. The molecule has 4 heteroatoms. The van der Waals surface area contributed by atoms with Crippen LogP contribution in [-0.2, 0) is 25.6 Å². The topological polar surface area (TPSA) is 36.9 Å². The fourth-order valence-electron chi connectivity index (χ4n) is 2.48. The average Bonchev–Trinajstić information content (AvgIpc) is 2.84. The smallest absolute Gasteiger partial charge is 0.184 e. The molecule has 2 bridgehead atoms. The molecule has 1 aromatic carbocycles. The minimum absolute atomic E-state index is 0.0236. The quantitative estimate of drug-likeness (QED) is 0.815. The van der Waals surface area contributed by atoms with E-state index in [1.807, 2.05) is 18.2 Å². The predicted molar refractivity (Wildman–Crippen MR) is 65.0 cm³/mol. The van der Waals surface area contributed by atoms with E-state index in [2.05, 4.69) is 12.1 Å². The van der Waals surface area contributed by atoms with Crippen LogP contribution in [0.1, 0.15) is 12.0 Å². The fourth-order valence-corrected chi connectivity index (χ4v) is 2.48. The number of hydrogen-bond donors (Lipinski definition) is 0. The zero-order valence-corrected chi connectivity index (χ0v) is 10.5. The van der Waals surface area contributed by atoms with Gasteiger partial charge in [-0.3, -0.25) is 0 Å². The van der Waals surface area contributed by atoms with Gasteiger partial charge in [0.15, 0.2) is 6.29 Å². The summed E-state index contributed by atoms with van der Waals surface area (Å²) in [7, 11) is 1.68. The maximum Gasteiger partial charge on any atom is 0.184 e. The summed E-state index contributed by atoms with van der Waals surface area (Å²) in [6.45, 7) is 1.20. The first-order valence-corrected chi connectivity index (χ1v) is 6.32. The lowest BCUT2D eigenvalue weighted by atomic mass is 10.0. The maximum atomic E-state index is 5.95. The number of rotatable bonds is 4. The van der Waals surface area contributed by atoms with E-state index < -0.39 is 0 Å². The summed E-state index contributed by atoms with van der Waals surface area (Å²) in [6.07, 6.45) is 0.693. The standard InChI is InChI=1S/C14H18O4/c1-15-12-7-11(13-9-17-14(12)18-13)16-8-10-5-3-2-4-6-10/h2-6,11-14H,7-9H2,1H3/t11-,12+,13+,14+/m0/s1. The van der Waals surface area contributed by atoms with E-state index in [9.17, 15) is 0 Å². The molecule has 2 heterocycles. The van der Waals surface area contributed by atoms with Crippen LogP contribution in [0.15, 0.2) is 30.3 Å². The zero-order chi connectivity index (χ0) is 12.4. The first kappa shape index (κ1) is 12.1. The lowest BCUT2D eigenvalue weighted by Gasteiger charge is -2.32. The van der Waals surface area contributed by atoms with E-state index in [1.54, 1.807) is 7.11 Å². The molecule has 4 atom stereocenters. The summed E-state index contributed by atoms with van der Waals surface area (Å²) in [5.41, 5.74) is 1.17. The molecule has 0 amide bonds. The molecule has 98 valence electrons. The van der Waals surface area contributed by atoms with Gasteiger partial charge in [0.05, 0.1) is 19.3 Å². The van der Waals surface area contributed by atoms with Gasteiger partial charge in [-0.1, -0.05) is 30.3 Å². The number of methoxy groups -OCH3 is 1. The van der Waals surface area contributed by atoms with E-state index >= 15 is 0 Å². The Morgan fingerprint density at radius 3 is 2.83 bits per heavy atom. The van der Waals surface area contributed by atoms with Gasteiger partial charge in [0.25, 0.3) is 0 Å². The van der Waals surface area contributed by atoms with Crippen LogP contribution in [0, 0.1) is 0 Å². The molecule has 0 aliphatic carbocycles. The van der Waals surface area contributed by atoms with Gasteiger partial charge >= 0.3 is 0 Å². The van der Waals surface area contributed by atoms with Crippen molar-refractivity contribution in [3.8, 4) is 0 Å². The van der Waals surface area contributed by atoms with Crippen molar-refractivity contribution in [1.82, 2.24) is 0 Å². The molecule has 3 rings (SSSR count). The van der Waals surface area contributed by atoms with Crippen molar-refractivity contribution in [3.63, 3.8) is 0 Å². The molecule has 2 aliphatic rings. The summed E-state index contributed by atoms with van der Waals surface area (Å²) >= 11 is 0. The summed E-state index contributed by atoms with van der Waals surface area (Å²) in [5, 5.41) is 0. The second kappa shape index (κ2) is 5.36. The Hall–Kier alpha value is -0.940. The van der Waals surface area contributed by atoms with Crippen molar-refractivity contribution in [2.45, 2.75) is 37.6 Å². The van der Waals surface area contributed by atoms with Gasteiger partial charge in [0.2, 0.25) is 0 Å². The molecule has 0 spiro atoms. The number of fused-ring (bicyclic) bond motifs is 2. The molecule has 0 aromatic heterocycles. The highest BCUT2D eigenvalue weighted by molar-refractivity contribution is 5.13. The van der Waals surface area contributed by atoms with Crippen LogP contribution in [0.25, 0.3) is 0 Å². The Labute approximate surface area is 107 Å². The van der Waals surface area contributed by atoms with Crippen LogP contribution in [0.3, 0.4) is 0 Å². The summed E-state index contributed by atoms with van der Waals surface area (Å²) in [5.74, 6) is 0. The molecule has 2 saturated heterocycles. The first-order valence-electron chi connectivity index (χ1n) is 6.32. The molecule has 2 aliphatic heterocycles. The molecule has 0 saturated carbocycles. The normalized spacial score (nSPS) is 34.7. The Bertz CT molecular complexity index is 381. The highest BCUT2D eigenvalue weighted by Gasteiger charge is 2.44. The third kappa shape index (κ3) is 2.42. The van der Waals surface area contributed by atoms with Gasteiger partial charge in [-0.15, -0.1) is 0 Å². The number of ether oxygens (including phenoxy) is 4. The summed E-state index contributed by atoms with van der Waals surface area (Å²) in [4.78, 5) is 0. The van der Waals surface area contributed by atoms with Crippen molar-refractivity contribution in [3.05, 3.63) is 35.9 Å². The van der Waals surface area contributed by atoms with Gasteiger partial charge in [-0.25, -0.2) is 0 Å². The maximum absolute atomic E-state index is 5.95. The van der Waals surface area contributed by atoms with E-state index in [0.717, 1.165) is 6.42 Å². The van der Waals surface area contributed by atoms with Gasteiger partial charge < -0.3 is 18.9 Å². The SMILES string of the molecule is CO[C@@H]1C[C@H](OCc2ccccc2)[C@H]2CO[C@@H]1O2. The number of benzene rings is 1. The molecule has 0 unspecified atom stereocenters. The Morgan fingerprint density at radius 1 is 1.22 bits per heavy atom. The number of hydrogen-bond acceptors (Lipinski definition) is 4. The van der Waals surface area contributed by atoms with Gasteiger partial charge in [0.1, 0.15) is 12.2 Å². The molecule has 1 aromatic rings. The minimum atomic E-state index is -0.212. The van der Waals surface area contributed by atoms with Crippen LogP contribution in [0.2, 0.25) is 0 Å². The van der Waals surface area contributed by atoms with Crippen molar-refractivity contribution >= 4 is 0 Å². The van der Waals surface area contributed by atoms with Crippen molar-refractivity contribution < 1.29 is 18.9 Å². The van der Waals surface area contributed by atoms with Crippen LogP contribution in [-0.4, -0.2) is 38.3 Å². The van der Waals surface area contributed by atoms with E-state index in [1.165, 1.54) is 5.56 Å². The molecule has 18 heavy (non-hydrogen) atoms. The molecule has 4 nitrogen and oxygen atoms in total. The highest BCUT2D eigenvalue weighted by Crippen LogP contribution is 2.31. The predicted octanol–water partition coefficient (Wildman–Crippen LogP) is 1.73. The van der Waals surface area contributed by atoms with Crippen LogP contribution in [0.4, 0.5) is 0 Å². The molecular weight excluding hydrogens is 232 g/mol.